The second-order valence-electron chi connectivity index (χ2n) is 6.78. The number of halogens is 1. The normalized spacial score (nSPS) is 11.2. The maximum atomic E-state index is 12.5. The zero-order valence-electron chi connectivity index (χ0n) is 17.0. The molecule has 0 aromatic heterocycles. The lowest BCUT2D eigenvalue weighted by Crippen LogP contribution is -2.23. The molecule has 2 N–H and O–H groups in total. The van der Waals surface area contributed by atoms with Crippen molar-refractivity contribution in [3.8, 4) is 5.75 Å². The average Bonchev–Trinajstić information content (AvgIpc) is 2.78. The van der Waals surface area contributed by atoms with Crippen molar-refractivity contribution in [3.05, 3.63) is 88.4 Å². The van der Waals surface area contributed by atoms with E-state index in [0.29, 0.717) is 28.1 Å². The third-order valence-electron chi connectivity index (χ3n) is 4.39. The molecule has 0 aliphatic rings. The molecule has 0 aliphatic heterocycles. The number of benzene rings is 3. The number of nitrogens with one attached hydrogen (secondary N) is 2. The summed E-state index contributed by atoms with van der Waals surface area (Å²) in [7, 11) is -3.66. The van der Waals surface area contributed by atoms with Gasteiger partial charge in [-0.05, 0) is 70.4 Å². The second-order valence-corrected chi connectivity index (χ2v) is 9.40. The molecule has 0 fully saturated rings. The highest BCUT2D eigenvalue weighted by Gasteiger charge is 2.14. The molecule has 0 saturated carbocycles. The maximum absolute atomic E-state index is 12.5. The first-order chi connectivity index (χ1) is 14.9. The van der Waals surface area contributed by atoms with Crippen LogP contribution >= 0.6 is 15.9 Å². The molecule has 0 saturated heterocycles. The third-order valence-corrected chi connectivity index (χ3v) is 6.42. The van der Waals surface area contributed by atoms with Gasteiger partial charge in [-0.3, -0.25) is 4.79 Å². The topological polar surface area (TPSA) is 84.5 Å². The van der Waals surface area contributed by atoms with Gasteiger partial charge in [0.05, 0.1) is 16.0 Å². The van der Waals surface area contributed by atoms with Gasteiger partial charge in [0.15, 0.2) is 0 Å². The summed E-state index contributed by atoms with van der Waals surface area (Å²) < 4.78 is 33.8. The minimum absolute atomic E-state index is 0.126. The molecule has 31 heavy (non-hydrogen) atoms. The number of hydrogen-bond acceptors (Lipinski definition) is 4. The van der Waals surface area contributed by atoms with Crippen molar-refractivity contribution in [1.29, 1.82) is 0 Å². The number of sulfonamides is 1. The van der Waals surface area contributed by atoms with Crippen LogP contribution in [-0.2, 0) is 16.6 Å². The van der Waals surface area contributed by atoms with E-state index in [1.54, 1.807) is 30.3 Å². The van der Waals surface area contributed by atoms with Crippen LogP contribution in [0.15, 0.2) is 82.2 Å². The van der Waals surface area contributed by atoms with Gasteiger partial charge in [0, 0.05) is 17.8 Å². The molecule has 3 rings (SSSR count). The quantitative estimate of drug-likeness (QED) is 0.432. The molecule has 0 atom stereocenters. The van der Waals surface area contributed by atoms with Crippen molar-refractivity contribution < 1.29 is 17.9 Å². The van der Waals surface area contributed by atoms with E-state index in [1.807, 2.05) is 37.3 Å². The van der Waals surface area contributed by atoms with Gasteiger partial charge in [0.1, 0.15) is 5.75 Å². The number of amides is 1. The molecule has 6 nitrogen and oxygen atoms in total. The van der Waals surface area contributed by atoms with Crippen LogP contribution in [0.4, 0.5) is 5.69 Å². The summed E-state index contributed by atoms with van der Waals surface area (Å²) in [6.07, 6.45) is 0.891. The lowest BCUT2D eigenvalue weighted by atomic mass is 10.2. The van der Waals surface area contributed by atoms with Crippen molar-refractivity contribution >= 4 is 37.5 Å². The molecule has 0 bridgehead atoms. The molecule has 0 unspecified atom stereocenters. The van der Waals surface area contributed by atoms with E-state index >= 15 is 0 Å². The molecule has 0 radical (unpaired) electrons. The summed E-state index contributed by atoms with van der Waals surface area (Å²) in [5.74, 6) is 0.372. The van der Waals surface area contributed by atoms with E-state index in [0.717, 1.165) is 12.0 Å². The SMILES string of the molecule is CCCOc1ccc(C(=O)Nc2ccc(S(=O)(=O)NCc3ccccc3)cc2)cc1Br. The highest BCUT2D eigenvalue weighted by molar-refractivity contribution is 9.10. The smallest absolute Gasteiger partial charge is 0.255 e. The van der Waals surface area contributed by atoms with E-state index in [2.05, 4.69) is 26.0 Å². The number of ether oxygens (including phenoxy) is 1. The molecule has 0 spiro atoms. The Morgan fingerprint density at radius 1 is 1.00 bits per heavy atom. The first-order valence-electron chi connectivity index (χ1n) is 9.76. The summed E-state index contributed by atoms with van der Waals surface area (Å²) in [5.41, 5.74) is 1.82. The van der Waals surface area contributed by atoms with Gasteiger partial charge >= 0.3 is 0 Å². The first-order valence-corrected chi connectivity index (χ1v) is 12.0. The Morgan fingerprint density at radius 2 is 1.71 bits per heavy atom. The predicted octanol–water partition coefficient (Wildman–Crippen LogP) is 4.97. The van der Waals surface area contributed by atoms with E-state index in [1.165, 1.54) is 12.1 Å². The molecular formula is C23H23BrN2O4S. The molecular weight excluding hydrogens is 480 g/mol. The van der Waals surface area contributed by atoms with Gasteiger partial charge in [0.25, 0.3) is 5.91 Å². The van der Waals surface area contributed by atoms with E-state index in [-0.39, 0.29) is 17.3 Å². The van der Waals surface area contributed by atoms with Crippen LogP contribution in [0.2, 0.25) is 0 Å². The van der Waals surface area contributed by atoms with Crippen LogP contribution in [0, 0.1) is 0 Å². The van der Waals surface area contributed by atoms with Crippen molar-refractivity contribution in [2.75, 3.05) is 11.9 Å². The fraction of sp³-hybridized carbons (Fsp3) is 0.174. The zero-order chi connectivity index (χ0) is 22.3. The van der Waals surface area contributed by atoms with Gasteiger partial charge < -0.3 is 10.1 Å². The minimum atomic E-state index is -3.66. The third kappa shape index (κ3) is 6.40. The van der Waals surface area contributed by atoms with Crippen LogP contribution < -0.4 is 14.8 Å². The second kappa shape index (κ2) is 10.6. The Labute approximate surface area is 190 Å². The number of carbonyl (C=O) groups excluding carboxylic acids is 1. The Bertz CT molecular complexity index is 1130. The Kier molecular flexibility index (Phi) is 7.84. The standard InChI is InChI=1S/C23H23BrN2O4S/c1-2-14-30-22-13-8-18(15-21(22)24)23(27)26-19-9-11-20(12-10-19)31(28,29)25-16-17-6-4-3-5-7-17/h3-13,15,25H,2,14,16H2,1H3,(H,26,27). The van der Waals surface area contributed by atoms with E-state index < -0.39 is 10.0 Å². The molecule has 3 aromatic carbocycles. The number of hydrogen-bond donors (Lipinski definition) is 2. The molecule has 1 amide bonds. The summed E-state index contributed by atoms with van der Waals surface area (Å²) in [6, 6.07) is 20.4. The lowest BCUT2D eigenvalue weighted by molar-refractivity contribution is 0.102. The zero-order valence-corrected chi connectivity index (χ0v) is 19.4. The van der Waals surface area contributed by atoms with Gasteiger partial charge in [-0.2, -0.15) is 0 Å². The average molecular weight is 503 g/mol. The van der Waals surface area contributed by atoms with Crippen LogP contribution in [0.5, 0.6) is 5.75 Å². The van der Waals surface area contributed by atoms with Gasteiger partial charge in [-0.1, -0.05) is 37.3 Å². The number of anilines is 1. The van der Waals surface area contributed by atoms with Crippen LogP contribution in [0.3, 0.4) is 0 Å². The summed E-state index contributed by atoms with van der Waals surface area (Å²) >= 11 is 3.42. The fourth-order valence-electron chi connectivity index (χ4n) is 2.75. The van der Waals surface area contributed by atoms with E-state index in [4.69, 9.17) is 4.74 Å². The van der Waals surface area contributed by atoms with Gasteiger partial charge in [-0.15, -0.1) is 0 Å². The van der Waals surface area contributed by atoms with Crippen molar-refractivity contribution in [1.82, 2.24) is 4.72 Å². The summed E-state index contributed by atoms with van der Waals surface area (Å²) in [4.78, 5) is 12.7. The van der Waals surface area contributed by atoms with Crippen molar-refractivity contribution in [2.24, 2.45) is 0 Å². The molecule has 162 valence electrons. The summed E-state index contributed by atoms with van der Waals surface area (Å²) in [5, 5.41) is 2.77. The Balaban J connectivity index is 1.63. The maximum Gasteiger partial charge on any atom is 0.255 e. The molecule has 8 heteroatoms. The molecule has 0 aliphatic carbocycles. The van der Waals surface area contributed by atoms with Crippen LogP contribution in [0.1, 0.15) is 29.3 Å². The van der Waals surface area contributed by atoms with Crippen molar-refractivity contribution in [3.63, 3.8) is 0 Å². The predicted molar refractivity (Wildman–Crippen MR) is 125 cm³/mol. The number of rotatable bonds is 9. The largest absolute Gasteiger partial charge is 0.492 e. The van der Waals surface area contributed by atoms with Gasteiger partial charge in [0.2, 0.25) is 10.0 Å². The van der Waals surface area contributed by atoms with Gasteiger partial charge in [-0.25, -0.2) is 13.1 Å². The highest BCUT2D eigenvalue weighted by Crippen LogP contribution is 2.26. The molecule has 0 heterocycles. The summed E-state index contributed by atoms with van der Waals surface area (Å²) in [6.45, 7) is 2.82. The Morgan fingerprint density at radius 3 is 2.35 bits per heavy atom. The van der Waals surface area contributed by atoms with Crippen molar-refractivity contribution in [2.45, 2.75) is 24.8 Å². The minimum Gasteiger partial charge on any atom is -0.492 e. The fourth-order valence-corrected chi connectivity index (χ4v) is 4.26. The van der Waals surface area contributed by atoms with E-state index in [9.17, 15) is 13.2 Å². The van der Waals surface area contributed by atoms with Crippen LogP contribution in [0.25, 0.3) is 0 Å². The lowest BCUT2D eigenvalue weighted by Gasteiger charge is -2.10. The molecule has 3 aromatic rings. The highest BCUT2D eigenvalue weighted by atomic mass is 79.9. The van der Waals surface area contributed by atoms with Crippen LogP contribution in [-0.4, -0.2) is 20.9 Å². The number of carbonyl (C=O) groups is 1. The Hall–Kier alpha value is -2.68. The first kappa shape index (κ1) is 23.0. The monoisotopic (exact) mass is 502 g/mol.